The highest BCUT2D eigenvalue weighted by molar-refractivity contribution is 5.80. The fourth-order valence-electron chi connectivity index (χ4n) is 2.99. The number of fused-ring (bicyclic) bond motifs is 1. The van der Waals surface area contributed by atoms with Gasteiger partial charge in [-0.1, -0.05) is 18.2 Å². The Morgan fingerprint density at radius 1 is 0.833 bits per heavy atom. The molecule has 0 saturated carbocycles. The quantitative estimate of drug-likeness (QED) is 0.738. The van der Waals surface area contributed by atoms with Gasteiger partial charge in [-0.15, -0.1) is 0 Å². The number of benzene rings is 1. The van der Waals surface area contributed by atoms with E-state index in [1.165, 1.54) is 5.39 Å². The van der Waals surface area contributed by atoms with Gasteiger partial charge in [0.1, 0.15) is 5.82 Å². The standard InChI is InChI=1S/C18H19N5O/c1-24-18-13-19-12-17(21-18)23-10-8-22(9-11-23)16-7-6-14-4-2-3-5-15(14)20-16/h2-7,12-13H,8-11H2,1H3. The number of methoxy groups -OCH3 is 1. The number of nitrogens with zero attached hydrogens (tertiary/aromatic N) is 5. The zero-order chi connectivity index (χ0) is 16.4. The molecule has 0 bridgehead atoms. The van der Waals surface area contributed by atoms with Crippen molar-refractivity contribution < 1.29 is 4.74 Å². The maximum absolute atomic E-state index is 5.16. The topological polar surface area (TPSA) is 54.4 Å². The summed E-state index contributed by atoms with van der Waals surface area (Å²) in [5, 5.41) is 1.17. The molecule has 1 aliphatic heterocycles. The molecule has 6 heteroatoms. The summed E-state index contributed by atoms with van der Waals surface area (Å²) in [5.41, 5.74) is 1.04. The number of pyridine rings is 1. The third-order valence-corrected chi connectivity index (χ3v) is 4.32. The number of rotatable bonds is 3. The molecule has 3 aromatic rings. The number of piperazine rings is 1. The molecule has 6 nitrogen and oxygen atoms in total. The van der Waals surface area contributed by atoms with Crippen LogP contribution in [0.4, 0.5) is 11.6 Å². The Bertz CT molecular complexity index is 845. The smallest absolute Gasteiger partial charge is 0.233 e. The minimum absolute atomic E-state index is 0.547. The summed E-state index contributed by atoms with van der Waals surface area (Å²) in [4.78, 5) is 18.0. The van der Waals surface area contributed by atoms with Crippen LogP contribution in [0.25, 0.3) is 10.9 Å². The molecule has 1 aliphatic rings. The van der Waals surface area contributed by atoms with E-state index in [0.29, 0.717) is 5.88 Å². The number of hydrogen-bond acceptors (Lipinski definition) is 6. The highest BCUT2D eigenvalue weighted by Gasteiger charge is 2.19. The van der Waals surface area contributed by atoms with Crippen LogP contribution in [0, 0.1) is 0 Å². The van der Waals surface area contributed by atoms with Crippen LogP contribution in [0.2, 0.25) is 0 Å². The molecule has 3 heterocycles. The Balaban J connectivity index is 1.48. The van der Waals surface area contributed by atoms with Gasteiger partial charge in [0.05, 0.1) is 25.0 Å². The first-order chi connectivity index (χ1) is 11.8. The van der Waals surface area contributed by atoms with Crippen LogP contribution in [0.3, 0.4) is 0 Å². The van der Waals surface area contributed by atoms with Gasteiger partial charge < -0.3 is 14.5 Å². The van der Waals surface area contributed by atoms with E-state index >= 15 is 0 Å². The molecule has 0 spiro atoms. The Labute approximate surface area is 140 Å². The van der Waals surface area contributed by atoms with E-state index in [1.807, 2.05) is 12.1 Å². The fourth-order valence-corrected chi connectivity index (χ4v) is 2.99. The van der Waals surface area contributed by atoms with Crippen LogP contribution in [-0.4, -0.2) is 48.2 Å². The maximum atomic E-state index is 5.16. The number of ether oxygens (including phenoxy) is 1. The Morgan fingerprint density at radius 3 is 2.38 bits per heavy atom. The second-order valence-corrected chi connectivity index (χ2v) is 5.76. The van der Waals surface area contributed by atoms with Crippen LogP contribution in [0.15, 0.2) is 48.8 Å². The molecule has 0 atom stereocenters. The van der Waals surface area contributed by atoms with E-state index in [-0.39, 0.29) is 0 Å². The van der Waals surface area contributed by atoms with Crippen molar-refractivity contribution in [2.24, 2.45) is 0 Å². The summed E-state index contributed by atoms with van der Waals surface area (Å²) in [6, 6.07) is 12.4. The third-order valence-electron chi connectivity index (χ3n) is 4.32. The SMILES string of the molecule is COc1cncc(N2CCN(c3ccc4ccccc4n3)CC2)n1. The monoisotopic (exact) mass is 321 g/mol. The van der Waals surface area contributed by atoms with Crippen LogP contribution < -0.4 is 14.5 Å². The summed E-state index contributed by atoms with van der Waals surface area (Å²) < 4.78 is 5.16. The number of para-hydroxylation sites is 1. The van der Waals surface area contributed by atoms with Gasteiger partial charge in [0.25, 0.3) is 0 Å². The van der Waals surface area contributed by atoms with Gasteiger partial charge in [0, 0.05) is 31.6 Å². The zero-order valence-electron chi connectivity index (χ0n) is 13.6. The lowest BCUT2D eigenvalue weighted by molar-refractivity contribution is 0.395. The summed E-state index contributed by atoms with van der Waals surface area (Å²) in [5.74, 6) is 2.44. The summed E-state index contributed by atoms with van der Waals surface area (Å²) in [7, 11) is 1.61. The second-order valence-electron chi connectivity index (χ2n) is 5.76. The van der Waals surface area contributed by atoms with Crippen molar-refractivity contribution in [3.05, 3.63) is 48.8 Å². The molecular weight excluding hydrogens is 302 g/mol. The summed E-state index contributed by atoms with van der Waals surface area (Å²) in [6.07, 6.45) is 3.41. The van der Waals surface area contributed by atoms with Gasteiger partial charge in [-0.2, -0.15) is 4.98 Å². The fraction of sp³-hybridized carbons (Fsp3) is 0.278. The van der Waals surface area contributed by atoms with E-state index in [2.05, 4.69) is 44.0 Å². The molecule has 2 aromatic heterocycles. The van der Waals surface area contributed by atoms with Crippen molar-refractivity contribution in [2.75, 3.05) is 43.1 Å². The first-order valence-electron chi connectivity index (χ1n) is 8.05. The van der Waals surface area contributed by atoms with Crippen molar-refractivity contribution in [3.63, 3.8) is 0 Å². The highest BCUT2D eigenvalue weighted by atomic mass is 16.5. The predicted molar refractivity (Wildman–Crippen MR) is 94.8 cm³/mol. The molecular formula is C18H19N5O. The zero-order valence-corrected chi connectivity index (χ0v) is 13.6. The first-order valence-corrected chi connectivity index (χ1v) is 8.05. The summed E-state index contributed by atoms with van der Waals surface area (Å²) >= 11 is 0. The molecule has 4 rings (SSSR count). The van der Waals surface area contributed by atoms with Crippen molar-refractivity contribution in [1.82, 2.24) is 15.0 Å². The van der Waals surface area contributed by atoms with Crippen molar-refractivity contribution in [3.8, 4) is 5.88 Å². The van der Waals surface area contributed by atoms with Gasteiger partial charge in [0.2, 0.25) is 5.88 Å². The summed E-state index contributed by atoms with van der Waals surface area (Å²) in [6.45, 7) is 3.58. The number of aromatic nitrogens is 3. The molecule has 0 amide bonds. The lowest BCUT2D eigenvalue weighted by Gasteiger charge is -2.36. The van der Waals surface area contributed by atoms with E-state index in [0.717, 1.165) is 43.3 Å². The molecule has 1 fully saturated rings. The normalized spacial score (nSPS) is 14.9. The second kappa shape index (κ2) is 6.31. The average molecular weight is 321 g/mol. The lowest BCUT2D eigenvalue weighted by Crippen LogP contribution is -2.47. The number of anilines is 2. The molecule has 122 valence electrons. The van der Waals surface area contributed by atoms with Crippen molar-refractivity contribution in [1.29, 1.82) is 0 Å². The minimum atomic E-state index is 0.547. The van der Waals surface area contributed by atoms with Crippen molar-refractivity contribution in [2.45, 2.75) is 0 Å². The van der Waals surface area contributed by atoms with E-state index in [4.69, 9.17) is 9.72 Å². The van der Waals surface area contributed by atoms with Crippen LogP contribution in [0.5, 0.6) is 5.88 Å². The van der Waals surface area contributed by atoms with Gasteiger partial charge in [-0.3, -0.25) is 4.98 Å². The Kier molecular flexibility index (Phi) is 3.86. The lowest BCUT2D eigenvalue weighted by atomic mass is 10.2. The Morgan fingerprint density at radius 2 is 1.58 bits per heavy atom. The average Bonchev–Trinajstić information content (AvgIpc) is 2.68. The van der Waals surface area contributed by atoms with Gasteiger partial charge >= 0.3 is 0 Å². The first kappa shape index (κ1) is 14.7. The largest absolute Gasteiger partial charge is 0.480 e. The van der Waals surface area contributed by atoms with Crippen LogP contribution in [-0.2, 0) is 0 Å². The van der Waals surface area contributed by atoms with Gasteiger partial charge in [-0.25, -0.2) is 4.98 Å². The minimum Gasteiger partial charge on any atom is -0.480 e. The third kappa shape index (κ3) is 2.82. The molecule has 0 unspecified atom stereocenters. The molecule has 24 heavy (non-hydrogen) atoms. The van der Waals surface area contributed by atoms with Crippen molar-refractivity contribution >= 4 is 22.5 Å². The van der Waals surface area contributed by atoms with E-state index in [9.17, 15) is 0 Å². The molecule has 0 aliphatic carbocycles. The number of hydrogen-bond donors (Lipinski definition) is 0. The van der Waals surface area contributed by atoms with Crippen LogP contribution in [0.1, 0.15) is 0 Å². The maximum Gasteiger partial charge on any atom is 0.233 e. The molecule has 1 aromatic carbocycles. The van der Waals surface area contributed by atoms with Crippen LogP contribution >= 0.6 is 0 Å². The predicted octanol–water partition coefficient (Wildman–Crippen LogP) is 2.36. The molecule has 1 saturated heterocycles. The van der Waals surface area contributed by atoms with Gasteiger partial charge in [0.15, 0.2) is 5.82 Å². The highest BCUT2D eigenvalue weighted by Crippen LogP contribution is 2.21. The Hall–Kier alpha value is -2.89. The molecule has 0 N–H and O–H groups in total. The molecule has 0 radical (unpaired) electrons. The van der Waals surface area contributed by atoms with E-state index < -0.39 is 0 Å². The van der Waals surface area contributed by atoms with E-state index in [1.54, 1.807) is 19.5 Å². The van der Waals surface area contributed by atoms with Gasteiger partial charge in [-0.05, 0) is 18.2 Å².